The van der Waals surface area contributed by atoms with Crippen LogP contribution >= 0.6 is 0 Å². The van der Waals surface area contributed by atoms with E-state index in [1.54, 1.807) is 0 Å². The van der Waals surface area contributed by atoms with Crippen LogP contribution in [0, 0.1) is 5.92 Å². The van der Waals surface area contributed by atoms with E-state index in [1.807, 2.05) is 19.1 Å². The molecule has 0 aliphatic carbocycles. The first-order valence-corrected chi connectivity index (χ1v) is 7.85. The Balaban J connectivity index is 2.01. The van der Waals surface area contributed by atoms with Crippen LogP contribution in [0.5, 0.6) is 0 Å². The first-order valence-electron chi connectivity index (χ1n) is 7.85. The summed E-state index contributed by atoms with van der Waals surface area (Å²) >= 11 is 0. The number of hydrogen-bond acceptors (Lipinski definition) is 2. The van der Waals surface area contributed by atoms with Crippen LogP contribution in [-0.4, -0.2) is 23.2 Å². The van der Waals surface area contributed by atoms with Gasteiger partial charge in [-0.1, -0.05) is 79.7 Å². The molecule has 0 aliphatic heterocycles. The van der Waals surface area contributed by atoms with E-state index in [1.165, 1.54) is 11.1 Å². The third-order valence-corrected chi connectivity index (χ3v) is 3.61. The van der Waals surface area contributed by atoms with Crippen molar-refractivity contribution in [3.05, 3.63) is 83.9 Å². The Kier molecular flexibility index (Phi) is 6.88. The summed E-state index contributed by atoms with van der Waals surface area (Å²) in [5, 5.41) is 9.11. The Hall–Kier alpha value is -1.90. The van der Waals surface area contributed by atoms with Crippen molar-refractivity contribution >= 4 is 0 Å². The molecule has 116 valence electrons. The van der Waals surface area contributed by atoms with Crippen LogP contribution in [0.25, 0.3) is 0 Å². The van der Waals surface area contributed by atoms with Gasteiger partial charge in [0.2, 0.25) is 0 Å². The van der Waals surface area contributed by atoms with Gasteiger partial charge in [0.05, 0.1) is 0 Å². The molecule has 2 rings (SSSR count). The van der Waals surface area contributed by atoms with Crippen LogP contribution in [0.3, 0.4) is 0 Å². The highest BCUT2D eigenvalue weighted by Gasteiger charge is 2.05. The van der Waals surface area contributed by atoms with Gasteiger partial charge in [0, 0.05) is 26.2 Å². The summed E-state index contributed by atoms with van der Waals surface area (Å²) in [6, 6.07) is 21.1. The number of rotatable bonds is 8. The van der Waals surface area contributed by atoms with E-state index in [0.717, 1.165) is 19.6 Å². The molecule has 2 nitrogen and oxygen atoms in total. The van der Waals surface area contributed by atoms with Crippen molar-refractivity contribution in [2.45, 2.75) is 20.0 Å². The molecule has 0 bridgehead atoms. The molecule has 0 radical (unpaired) electrons. The molecule has 22 heavy (non-hydrogen) atoms. The van der Waals surface area contributed by atoms with Crippen LogP contribution in [0.15, 0.2) is 72.8 Å². The zero-order valence-electron chi connectivity index (χ0n) is 13.2. The molecular formula is C20H25NO. The highest BCUT2D eigenvalue weighted by molar-refractivity contribution is 5.17. The zero-order valence-corrected chi connectivity index (χ0v) is 13.2. The number of nitrogens with zero attached hydrogens (tertiary/aromatic N) is 1. The third-order valence-electron chi connectivity index (χ3n) is 3.61. The zero-order chi connectivity index (χ0) is 15.6. The molecule has 2 heteroatoms. The van der Waals surface area contributed by atoms with Crippen LogP contribution in [0.2, 0.25) is 0 Å². The van der Waals surface area contributed by atoms with E-state index in [-0.39, 0.29) is 12.5 Å². The number of benzene rings is 2. The predicted octanol–water partition coefficient (Wildman–Crippen LogP) is 3.87. The highest BCUT2D eigenvalue weighted by atomic mass is 16.3. The van der Waals surface area contributed by atoms with E-state index in [4.69, 9.17) is 5.11 Å². The molecule has 0 fully saturated rings. The van der Waals surface area contributed by atoms with Crippen molar-refractivity contribution in [1.29, 1.82) is 0 Å². The van der Waals surface area contributed by atoms with Crippen molar-refractivity contribution in [2.24, 2.45) is 5.92 Å². The molecule has 0 aromatic heterocycles. The summed E-state index contributed by atoms with van der Waals surface area (Å²) in [6.45, 7) is 4.96. The van der Waals surface area contributed by atoms with E-state index < -0.39 is 0 Å². The van der Waals surface area contributed by atoms with Crippen molar-refractivity contribution in [3.8, 4) is 0 Å². The maximum Gasteiger partial charge on any atom is 0.0491 e. The minimum atomic E-state index is 0.202. The monoisotopic (exact) mass is 295 g/mol. The van der Waals surface area contributed by atoms with Gasteiger partial charge < -0.3 is 5.11 Å². The van der Waals surface area contributed by atoms with Gasteiger partial charge in [-0.3, -0.25) is 4.90 Å². The first-order chi connectivity index (χ1) is 10.8. The quantitative estimate of drug-likeness (QED) is 0.747. The summed E-state index contributed by atoms with van der Waals surface area (Å²) in [5.74, 6) is 0.218. The van der Waals surface area contributed by atoms with Crippen LogP contribution < -0.4 is 0 Å². The fourth-order valence-electron chi connectivity index (χ4n) is 2.37. The molecule has 0 saturated carbocycles. The van der Waals surface area contributed by atoms with E-state index in [0.29, 0.717) is 0 Å². The smallest absolute Gasteiger partial charge is 0.0491 e. The van der Waals surface area contributed by atoms with Gasteiger partial charge in [0.25, 0.3) is 0 Å². The fourth-order valence-corrected chi connectivity index (χ4v) is 2.37. The fraction of sp³-hybridized carbons (Fsp3) is 0.300. The summed E-state index contributed by atoms with van der Waals surface area (Å²) in [5.41, 5.74) is 2.64. The lowest BCUT2D eigenvalue weighted by Crippen LogP contribution is -2.23. The lowest BCUT2D eigenvalue weighted by Gasteiger charge is -2.21. The van der Waals surface area contributed by atoms with Crippen LogP contribution in [0.1, 0.15) is 18.1 Å². The van der Waals surface area contributed by atoms with Crippen molar-refractivity contribution in [2.75, 3.05) is 13.2 Å². The maximum atomic E-state index is 9.11. The number of hydrogen-bond donors (Lipinski definition) is 1. The van der Waals surface area contributed by atoms with Gasteiger partial charge in [-0.05, 0) is 17.0 Å². The Labute approximate surface area is 133 Å². The van der Waals surface area contributed by atoms with E-state index in [9.17, 15) is 0 Å². The van der Waals surface area contributed by atoms with Gasteiger partial charge in [-0.15, -0.1) is 0 Å². The Bertz CT molecular complexity index is 509. The molecule has 0 aliphatic rings. The lowest BCUT2D eigenvalue weighted by molar-refractivity contribution is 0.259. The minimum absolute atomic E-state index is 0.202. The Morgan fingerprint density at radius 3 is 1.86 bits per heavy atom. The standard InChI is InChI=1S/C20H25NO/c1-18(17-22)9-8-14-21(15-19-10-4-2-5-11-19)16-20-12-6-3-7-13-20/h2-13,18,22H,14-17H2,1H3/b9-8-. The van der Waals surface area contributed by atoms with Crippen molar-refractivity contribution in [1.82, 2.24) is 4.90 Å². The van der Waals surface area contributed by atoms with Crippen LogP contribution in [0.4, 0.5) is 0 Å². The second-order valence-electron chi connectivity index (χ2n) is 5.73. The molecular weight excluding hydrogens is 270 g/mol. The molecule has 0 saturated heterocycles. The molecule has 0 amide bonds. The second kappa shape index (κ2) is 9.19. The Morgan fingerprint density at radius 1 is 0.909 bits per heavy atom. The summed E-state index contributed by atoms with van der Waals surface area (Å²) < 4.78 is 0. The normalized spacial score (nSPS) is 12.9. The predicted molar refractivity (Wildman–Crippen MR) is 92.4 cm³/mol. The number of aliphatic hydroxyl groups is 1. The molecule has 2 aromatic carbocycles. The molecule has 0 heterocycles. The van der Waals surface area contributed by atoms with Gasteiger partial charge in [-0.2, -0.15) is 0 Å². The second-order valence-corrected chi connectivity index (χ2v) is 5.73. The molecule has 1 unspecified atom stereocenters. The van der Waals surface area contributed by atoms with E-state index >= 15 is 0 Å². The van der Waals surface area contributed by atoms with Gasteiger partial charge >= 0.3 is 0 Å². The largest absolute Gasteiger partial charge is 0.396 e. The maximum absolute atomic E-state index is 9.11. The number of aliphatic hydroxyl groups excluding tert-OH is 1. The first kappa shape index (κ1) is 16.5. The van der Waals surface area contributed by atoms with Gasteiger partial charge in [0.1, 0.15) is 0 Å². The molecule has 1 atom stereocenters. The highest BCUT2D eigenvalue weighted by Crippen LogP contribution is 2.10. The SMILES string of the molecule is CC(/C=C\CN(Cc1ccccc1)Cc1ccccc1)CO. The molecule has 0 spiro atoms. The summed E-state index contributed by atoms with van der Waals surface area (Å²) in [4.78, 5) is 2.41. The van der Waals surface area contributed by atoms with Gasteiger partial charge in [0.15, 0.2) is 0 Å². The summed E-state index contributed by atoms with van der Waals surface area (Å²) in [6.07, 6.45) is 4.25. The average molecular weight is 295 g/mol. The molecule has 1 N–H and O–H groups in total. The minimum Gasteiger partial charge on any atom is -0.396 e. The van der Waals surface area contributed by atoms with Crippen LogP contribution in [-0.2, 0) is 13.1 Å². The van der Waals surface area contributed by atoms with E-state index in [2.05, 4.69) is 65.6 Å². The molecule has 2 aromatic rings. The average Bonchev–Trinajstić information content (AvgIpc) is 2.56. The lowest BCUT2D eigenvalue weighted by atomic mass is 10.1. The topological polar surface area (TPSA) is 23.5 Å². The third kappa shape index (κ3) is 5.84. The summed E-state index contributed by atoms with van der Waals surface area (Å²) in [7, 11) is 0. The van der Waals surface area contributed by atoms with Crippen molar-refractivity contribution in [3.63, 3.8) is 0 Å². The van der Waals surface area contributed by atoms with Gasteiger partial charge in [-0.25, -0.2) is 0 Å². The Morgan fingerprint density at radius 2 is 1.41 bits per heavy atom. The van der Waals surface area contributed by atoms with Crippen molar-refractivity contribution < 1.29 is 5.11 Å².